The Labute approximate surface area is 90.9 Å². The summed E-state index contributed by atoms with van der Waals surface area (Å²) in [6, 6.07) is 0. The molecule has 88 valence electrons. The molecule has 0 fully saturated rings. The van der Waals surface area contributed by atoms with Crippen molar-refractivity contribution in [2.75, 3.05) is 25.7 Å². The monoisotopic (exact) mass is 262 g/mol. The maximum atomic E-state index is 13.2. The summed E-state index contributed by atoms with van der Waals surface area (Å²) < 4.78 is 29.6. The first kappa shape index (κ1) is 14.9. The van der Waals surface area contributed by atoms with Crippen LogP contribution >= 0.6 is 16.6 Å². The predicted octanol–water partition coefficient (Wildman–Crippen LogP) is 2.77. The highest BCUT2D eigenvalue weighted by atomic mass is 32.8. The van der Waals surface area contributed by atoms with Crippen molar-refractivity contribution in [1.29, 1.82) is 0 Å². The van der Waals surface area contributed by atoms with E-state index in [1.165, 1.54) is 0 Å². The first-order chi connectivity index (χ1) is 6.52. The molecular weight excluding hydrogens is 241 g/mol. The van der Waals surface area contributed by atoms with Crippen LogP contribution in [0.4, 0.5) is 3.89 Å². The van der Waals surface area contributed by atoms with Crippen molar-refractivity contribution in [3.05, 3.63) is 0 Å². The molecule has 0 aromatic rings. The lowest BCUT2D eigenvalue weighted by Crippen LogP contribution is -2.12. The van der Waals surface area contributed by atoms with Crippen LogP contribution in [0.15, 0.2) is 0 Å². The Hall–Kier alpha value is 0.900. The number of halogens is 1. The van der Waals surface area contributed by atoms with Crippen molar-refractivity contribution < 1.29 is 12.6 Å². The summed E-state index contributed by atoms with van der Waals surface area (Å²) in [5.74, 6) is 0.457. The average molecular weight is 262 g/mol. The minimum absolute atomic E-state index is 0.0583. The van der Waals surface area contributed by atoms with Crippen molar-refractivity contribution in [2.45, 2.75) is 19.8 Å². The highest BCUT2D eigenvalue weighted by Crippen LogP contribution is 2.30. The van der Waals surface area contributed by atoms with Crippen LogP contribution in [-0.2, 0) is 14.5 Å². The third-order valence-corrected chi connectivity index (χ3v) is 6.77. The largest absolute Gasteiger partial charge is 0.363 e. The first-order valence-corrected chi connectivity index (χ1v) is 10.3. The SMILES string of the molecule is CPOCCCC(C)C[SH](=O)(F)PC. The molecular formula is C8H21FO2P2S. The highest BCUT2D eigenvalue weighted by Gasteiger charge is 2.14. The van der Waals surface area contributed by atoms with E-state index in [-0.39, 0.29) is 19.5 Å². The van der Waals surface area contributed by atoms with Gasteiger partial charge < -0.3 is 4.52 Å². The molecule has 0 aromatic heterocycles. The third kappa shape index (κ3) is 8.23. The average Bonchev–Trinajstić information content (AvgIpc) is 2.12. The van der Waals surface area contributed by atoms with Gasteiger partial charge in [-0.25, -0.2) is 0 Å². The molecule has 3 unspecified atom stereocenters. The van der Waals surface area contributed by atoms with Crippen LogP contribution in [0.5, 0.6) is 0 Å². The first-order valence-electron chi connectivity index (χ1n) is 4.78. The maximum absolute atomic E-state index is 13.2. The molecule has 0 spiro atoms. The van der Waals surface area contributed by atoms with Gasteiger partial charge in [-0.2, -0.15) is 3.89 Å². The van der Waals surface area contributed by atoms with Crippen LogP contribution in [0.25, 0.3) is 0 Å². The second-order valence-electron chi connectivity index (χ2n) is 3.36. The molecule has 0 radical (unpaired) electrons. The Morgan fingerprint density at radius 3 is 2.64 bits per heavy atom. The fourth-order valence-electron chi connectivity index (χ4n) is 1.19. The summed E-state index contributed by atoms with van der Waals surface area (Å²) in [6.07, 6.45) is 1.84. The summed E-state index contributed by atoms with van der Waals surface area (Å²) >= 11 is 0. The molecule has 0 N–H and O–H groups in total. The van der Waals surface area contributed by atoms with E-state index >= 15 is 0 Å². The lowest BCUT2D eigenvalue weighted by molar-refractivity contribution is 0.337. The van der Waals surface area contributed by atoms with E-state index in [1.54, 1.807) is 6.66 Å². The summed E-state index contributed by atoms with van der Waals surface area (Å²) in [7, 11) is -2.83. The van der Waals surface area contributed by atoms with E-state index < -0.39 is 9.94 Å². The molecule has 0 bridgehead atoms. The Morgan fingerprint density at radius 2 is 2.14 bits per heavy atom. The lowest BCUT2D eigenvalue weighted by atomic mass is 10.1. The summed E-state index contributed by atoms with van der Waals surface area (Å²) in [5, 5.41) is 0. The van der Waals surface area contributed by atoms with Crippen molar-refractivity contribution in [1.82, 2.24) is 0 Å². The highest BCUT2D eigenvalue weighted by molar-refractivity contribution is 8.47. The second-order valence-corrected chi connectivity index (χ2v) is 9.52. The Bertz CT molecular complexity index is 192. The smallest absolute Gasteiger partial charge is 0.0505 e. The van der Waals surface area contributed by atoms with E-state index in [0.717, 1.165) is 19.4 Å². The molecule has 2 nitrogen and oxygen atoms in total. The molecule has 0 saturated carbocycles. The van der Waals surface area contributed by atoms with E-state index in [9.17, 15) is 8.09 Å². The molecule has 0 aliphatic heterocycles. The summed E-state index contributed by atoms with van der Waals surface area (Å²) in [6.45, 7) is 6.36. The van der Waals surface area contributed by atoms with Gasteiger partial charge in [-0.15, -0.1) is 0 Å². The van der Waals surface area contributed by atoms with Crippen molar-refractivity contribution in [3.8, 4) is 0 Å². The molecule has 0 saturated heterocycles. The number of thiol groups is 1. The van der Waals surface area contributed by atoms with Gasteiger partial charge in [-0.3, -0.25) is 4.21 Å². The van der Waals surface area contributed by atoms with Gasteiger partial charge >= 0.3 is 0 Å². The van der Waals surface area contributed by atoms with Crippen molar-refractivity contribution >= 4 is 26.5 Å². The molecule has 14 heavy (non-hydrogen) atoms. The van der Waals surface area contributed by atoms with Crippen LogP contribution in [0, 0.1) is 5.92 Å². The normalized spacial score (nSPS) is 17.1. The molecule has 0 rings (SSSR count). The van der Waals surface area contributed by atoms with Gasteiger partial charge in [0.15, 0.2) is 0 Å². The van der Waals surface area contributed by atoms with Gasteiger partial charge in [0.1, 0.15) is 0 Å². The minimum atomic E-state index is -3.30. The van der Waals surface area contributed by atoms with Gasteiger partial charge in [0, 0.05) is 24.5 Å². The van der Waals surface area contributed by atoms with Gasteiger partial charge in [-0.05, 0) is 39.9 Å². The number of hydrogen-bond acceptors (Lipinski definition) is 2. The van der Waals surface area contributed by atoms with E-state index in [1.807, 2.05) is 13.6 Å². The van der Waals surface area contributed by atoms with E-state index in [2.05, 4.69) is 0 Å². The van der Waals surface area contributed by atoms with Crippen LogP contribution in [0.2, 0.25) is 0 Å². The topological polar surface area (TPSA) is 26.3 Å². The van der Waals surface area contributed by atoms with Crippen LogP contribution in [0.3, 0.4) is 0 Å². The fraction of sp³-hybridized carbons (Fsp3) is 1.00. The van der Waals surface area contributed by atoms with Crippen molar-refractivity contribution in [3.63, 3.8) is 0 Å². The standard InChI is InChI=1S/C8H21FO2P2S/c1-8(5-4-6-11-12-2)7-14(9,10)13-3/h8,12-14H,4-7H2,1-3H3. The zero-order valence-electron chi connectivity index (χ0n) is 9.05. The summed E-state index contributed by atoms with van der Waals surface area (Å²) in [5.41, 5.74) is 0. The van der Waals surface area contributed by atoms with Crippen LogP contribution in [-0.4, -0.2) is 29.9 Å². The fourth-order valence-corrected chi connectivity index (χ4v) is 4.19. The van der Waals surface area contributed by atoms with Crippen LogP contribution < -0.4 is 0 Å². The second kappa shape index (κ2) is 8.10. The van der Waals surface area contributed by atoms with Crippen LogP contribution in [0.1, 0.15) is 19.8 Å². The number of rotatable bonds is 8. The molecule has 0 aromatic carbocycles. The Kier molecular flexibility index (Phi) is 8.62. The van der Waals surface area contributed by atoms with Crippen molar-refractivity contribution in [2.24, 2.45) is 5.92 Å². The molecule has 0 aliphatic rings. The molecule has 0 amide bonds. The van der Waals surface area contributed by atoms with Gasteiger partial charge in [-0.1, -0.05) is 6.92 Å². The number of hydrogen-bond donors (Lipinski definition) is 1. The maximum Gasteiger partial charge on any atom is 0.0505 e. The molecule has 0 aliphatic carbocycles. The molecule has 0 heterocycles. The lowest BCUT2D eigenvalue weighted by Gasteiger charge is -2.17. The van der Waals surface area contributed by atoms with Gasteiger partial charge in [0.05, 0.1) is 6.61 Å². The van der Waals surface area contributed by atoms with E-state index in [0.29, 0.717) is 8.81 Å². The third-order valence-electron chi connectivity index (χ3n) is 1.97. The molecule has 6 heteroatoms. The minimum Gasteiger partial charge on any atom is -0.363 e. The van der Waals surface area contributed by atoms with Gasteiger partial charge in [0.2, 0.25) is 0 Å². The van der Waals surface area contributed by atoms with Gasteiger partial charge in [0.25, 0.3) is 0 Å². The predicted molar refractivity (Wildman–Crippen MR) is 68.3 cm³/mol. The quantitative estimate of drug-likeness (QED) is 0.315. The Balaban J connectivity index is 3.55. The molecule has 3 atom stereocenters. The Morgan fingerprint density at radius 1 is 1.50 bits per heavy atom. The zero-order valence-corrected chi connectivity index (χ0v) is 11.9. The van der Waals surface area contributed by atoms with E-state index in [4.69, 9.17) is 4.52 Å². The summed E-state index contributed by atoms with van der Waals surface area (Å²) in [4.78, 5) is 0. The zero-order chi connectivity index (χ0) is 11.0.